The Balaban J connectivity index is 1.43. The monoisotopic (exact) mass is 419 g/mol. The summed E-state index contributed by atoms with van der Waals surface area (Å²) in [5, 5.41) is 7.31. The first-order chi connectivity index (χ1) is 14.9. The molecule has 7 nitrogen and oxygen atoms in total. The van der Waals surface area contributed by atoms with E-state index in [0.29, 0.717) is 12.2 Å². The van der Waals surface area contributed by atoms with Crippen molar-refractivity contribution in [3.63, 3.8) is 0 Å². The molecule has 0 saturated heterocycles. The summed E-state index contributed by atoms with van der Waals surface area (Å²) in [5.74, 6) is -0.00126. The van der Waals surface area contributed by atoms with Gasteiger partial charge in [-0.05, 0) is 50.3 Å². The number of nitrogens with zero attached hydrogens (tertiary/aromatic N) is 3. The van der Waals surface area contributed by atoms with Crippen LogP contribution in [0.3, 0.4) is 0 Å². The molecular formula is C24H29N5O2. The van der Waals surface area contributed by atoms with Gasteiger partial charge in [0.15, 0.2) is 0 Å². The minimum absolute atomic E-state index is 0.0136. The number of aryl methyl sites for hydroxylation is 3. The number of nitrogens with two attached hydrogens (primary N) is 1. The number of aromatic nitrogens is 3. The van der Waals surface area contributed by atoms with E-state index in [2.05, 4.69) is 47.4 Å². The van der Waals surface area contributed by atoms with Gasteiger partial charge < -0.3 is 15.8 Å². The van der Waals surface area contributed by atoms with Crippen molar-refractivity contribution in [3.05, 3.63) is 65.1 Å². The number of amides is 1. The molecule has 1 fully saturated rings. The van der Waals surface area contributed by atoms with Crippen molar-refractivity contribution in [3.8, 4) is 11.1 Å². The zero-order chi connectivity index (χ0) is 22.0. The highest BCUT2D eigenvalue weighted by atomic mass is 16.5. The smallest absolute Gasteiger partial charge is 0.255 e. The number of carbonyl (C=O) groups is 1. The molecule has 162 valence electrons. The third-order valence-electron chi connectivity index (χ3n) is 5.92. The van der Waals surface area contributed by atoms with Gasteiger partial charge in [-0.25, -0.2) is 4.98 Å². The zero-order valence-corrected chi connectivity index (χ0v) is 18.3. The van der Waals surface area contributed by atoms with Crippen LogP contribution in [0, 0.1) is 13.8 Å². The first-order valence-electron chi connectivity index (χ1n) is 10.6. The minimum Gasteiger partial charge on any atom is -0.383 e. The van der Waals surface area contributed by atoms with Crippen LogP contribution < -0.4 is 11.1 Å². The van der Waals surface area contributed by atoms with E-state index in [1.54, 1.807) is 23.1 Å². The standard InChI is InChI=1S/C24H29N5O2/c1-15-7-8-17(16(2)9-15)14-31-22-6-4-5-21(22)28-24(30)20-10-18(11-26-23(20)25)19-12-27-29(3)13-19/h7-13,21-22H,4-6,14H2,1-3H3,(H2,25,26)(H,28,30)/t21-,22-/m0/s1. The molecule has 1 aliphatic carbocycles. The third-order valence-corrected chi connectivity index (χ3v) is 5.92. The molecule has 1 aromatic carbocycles. The fraction of sp³-hybridized carbons (Fsp3) is 0.375. The van der Waals surface area contributed by atoms with Crippen LogP contribution in [-0.4, -0.2) is 32.8 Å². The molecule has 1 amide bonds. The lowest BCUT2D eigenvalue weighted by atomic mass is 10.1. The molecule has 0 radical (unpaired) electrons. The van der Waals surface area contributed by atoms with Crippen LogP contribution in [0.4, 0.5) is 5.82 Å². The van der Waals surface area contributed by atoms with E-state index in [0.717, 1.165) is 30.4 Å². The maximum absolute atomic E-state index is 13.0. The number of rotatable bonds is 6. The van der Waals surface area contributed by atoms with Gasteiger partial charge in [0.2, 0.25) is 0 Å². The molecular weight excluding hydrogens is 390 g/mol. The van der Waals surface area contributed by atoms with E-state index in [1.807, 2.05) is 13.2 Å². The van der Waals surface area contributed by atoms with Crippen LogP contribution in [-0.2, 0) is 18.4 Å². The van der Waals surface area contributed by atoms with E-state index in [1.165, 1.54) is 16.7 Å². The maximum Gasteiger partial charge on any atom is 0.255 e. The van der Waals surface area contributed by atoms with Gasteiger partial charge in [0.05, 0.1) is 30.5 Å². The molecule has 0 aliphatic heterocycles. The van der Waals surface area contributed by atoms with E-state index in [9.17, 15) is 4.79 Å². The third kappa shape index (κ3) is 4.77. The minimum atomic E-state index is -0.220. The zero-order valence-electron chi connectivity index (χ0n) is 18.3. The topological polar surface area (TPSA) is 95.1 Å². The molecule has 1 aliphatic rings. The molecule has 3 aromatic rings. The number of nitrogen functional groups attached to an aromatic ring is 1. The second-order valence-corrected chi connectivity index (χ2v) is 8.35. The van der Waals surface area contributed by atoms with Crippen LogP contribution in [0.15, 0.2) is 42.9 Å². The quantitative estimate of drug-likeness (QED) is 0.637. The Morgan fingerprint density at radius 1 is 1.23 bits per heavy atom. The van der Waals surface area contributed by atoms with E-state index in [-0.39, 0.29) is 23.9 Å². The predicted octanol–water partition coefficient (Wildman–Crippen LogP) is 3.55. The Bertz CT molecular complexity index is 1090. The van der Waals surface area contributed by atoms with Crippen LogP contribution in [0.2, 0.25) is 0 Å². The lowest BCUT2D eigenvalue weighted by Crippen LogP contribution is -2.41. The van der Waals surface area contributed by atoms with Crippen LogP contribution in [0.1, 0.15) is 46.3 Å². The second kappa shape index (κ2) is 8.89. The molecule has 1 saturated carbocycles. The molecule has 2 atom stereocenters. The molecule has 2 aromatic heterocycles. The largest absolute Gasteiger partial charge is 0.383 e. The predicted molar refractivity (Wildman–Crippen MR) is 120 cm³/mol. The first kappa shape index (κ1) is 21.1. The molecule has 31 heavy (non-hydrogen) atoms. The number of nitrogens with one attached hydrogen (secondary N) is 1. The Morgan fingerprint density at radius 2 is 2.06 bits per heavy atom. The number of hydrogen-bond acceptors (Lipinski definition) is 5. The summed E-state index contributed by atoms with van der Waals surface area (Å²) < 4.78 is 7.92. The van der Waals surface area contributed by atoms with Gasteiger partial charge in [0, 0.05) is 30.6 Å². The van der Waals surface area contributed by atoms with Crippen LogP contribution >= 0.6 is 0 Å². The van der Waals surface area contributed by atoms with E-state index < -0.39 is 0 Å². The second-order valence-electron chi connectivity index (χ2n) is 8.35. The van der Waals surface area contributed by atoms with Crippen molar-refractivity contribution in [2.24, 2.45) is 7.05 Å². The van der Waals surface area contributed by atoms with Crippen molar-refractivity contribution in [1.29, 1.82) is 0 Å². The van der Waals surface area contributed by atoms with E-state index in [4.69, 9.17) is 10.5 Å². The van der Waals surface area contributed by atoms with Gasteiger partial charge in [-0.3, -0.25) is 9.48 Å². The number of benzene rings is 1. The van der Waals surface area contributed by atoms with Crippen LogP contribution in [0.25, 0.3) is 11.1 Å². The number of carbonyl (C=O) groups excluding carboxylic acids is 1. The number of pyridine rings is 1. The highest BCUT2D eigenvalue weighted by molar-refractivity contribution is 5.99. The summed E-state index contributed by atoms with van der Waals surface area (Å²) in [6.07, 6.45) is 8.10. The Labute approximate surface area is 182 Å². The molecule has 0 bridgehead atoms. The lowest BCUT2D eigenvalue weighted by Gasteiger charge is -2.22. The van der Waals surface area contributed by atoms with Crippen molar-refractivity contribution < 1.29 is 9.53 Å². The normalized spacial score (nSPS) is 18.3. The van der Waals surface area contributed by atoms with Gasteiger partial charge in [-0.15, -0.1) is 0 Å². The van der Waals surface area contributed by atoms with Gasteiger partial charge in [0.25, 0.3) is 5.91 Å². The Morgan fingerprint density at radius 3 is 2.81 bits per heavy atom. The van der Waals surface area contributed by atoms with Crippen molar-refractivity contribution in [2.45, 2.75) is 51.9 Å². The van der Waals surface area contributed by atoms with Crippen molar-refractivity contribution in [1.82, 2.24) is 20.1 Å². The summed E-state index contributed by atoms with van der Waals surface area (Å²) in [6.45, 7) is 4.73. The van der Waals surface area contributed by atoms with Crippen molar-refractivity contribution in [2.75, 3.05) is 5.73 Å². The van der Waals surface area contributed by atoms with Crippen molar-refractivity contribution >= 4 is 11.7 Å². The number of ether oxygens (including phenoxy) is 1. The SMILES string of the molecule is Cc1ccc(CO[C@H]2CCC[C@@H]2NC(=O)c2cc(-c3cnn(C)c3)cnc2N)c(C)c1. The summed E-state index contributed by atoms with van der Waals surface area (Å²) in [4.78, 5) is 17.2. The van der Waals surface area contributed by atoms with Gasteiger partial charge in [0.1, 0.15) is 5.82 Å². The number of hydrogen-bond donors (Lipinski definition) is 2. The molecule has 0 unspecified atom stereocenters. The van der Waals surface area contributed by atoms with E-state index >= 15 is 0 Å². The molecule has 2 heterocycles. The first-order valence-corrected chi connectivity index (χ1v) is 10.6. The molecule has 0 spiro atoms. The van der Waals surface area contributed by atoms with Gasteiger partial charge in [-0.1, -0.05) is 23.8 Å². The van der Waals surface area contributed by atoms with Gasteiger partial charge >= 0.3 is 0 Å². The highest BCUT2D eigenvalue weighted by Crippen LogP contribution is 2.26. The molecule has 3 N–H and O–H groups in total. The van der Waals surface area contributed by atoms with Crippen LogP contribution in [0.5, 0.6) is 0 Å². The molecule has 4 rings (SSSR count). The fourth-order valence-corrected chi connectivity index (χ4v) is 4.13. The Kier molecular flexibility index (Phi) is 6.04. The highest BCUT2D eigenvalue weighted by Gasteiger charge is 2.30. The number of anilines is 1. The summed E-state index contributed by atoms with van der Waals surface area (Å²) in [7, 11) is 1.85. The summed E-state index contributed by atoms with van der Waals surface area (Å²) >= 11 is 0. The van der Waals surface area contributed by atoms with Gasteiger partial charge in [-0.2, -0.15) is 5.10 Å². The fourth-order valence-electron chi connectivity index (χ4n) is 4.13. The average Bonchev–Trinajstić information content (AvgIpc) is 3.36. The lowest BCUT2D eigenvalue weighted by molar-refractivity contribution is 0.0270. The average molecular weight is 420 g/mol. The molecule has 7 heteroatoms. The summed E-state index contributed by atoms with van der Waals surface area (Å²) in [6, 6.07) is 8.11. The summed E-state index contributed by atoms with van der Waals surface area (Å²) in [5.41, 5.74) is 11.7. The Hall–Kier alpha value is -3.19. The maximum atomic E-state index is 13.0.